The normalized spacial score (nSPS) is 18.4. The molecule has 1 aliphatic rings. The molecule has 0 aromatic heterocycles. The molecule has 1 unspecified atom stereocenters. The lowest BCUT2D eigenvalue weighted by Crippen LogP contribution is -2.09. The van der Waals surface area contributed by atoms with Gasteiger partial charge in [0.05, 0.1) is 12.7 Å². The molecular weight excluding hydrogens is 404 g/mol. The summed E-state index contributed by atoms with van der Waals surface area (Å²) < 4.78 is 29.5. The predicted molar refractivity (Wildman–Crippen MR) is 117 cm³/mol. The number of rotatable bonds is 11. The quantitative estimate of drug-likeness (QED) is 0.412. The van der Waals surface area contributed by atoms with Crippen LogP contribution in [-0.2, 0) is 14.6 Å². The van der Waals surface area contributed by atoms with Gasteiger partial charge in [-0.25, -0.2) is 8.42 Å². The Labute approximate surface area is 177 Å². The smallest absolute Gasteiger partial charge is 0.205 e. The van der Waals surface area contributed by atoms with E-state index in [2.05, 4.69) is 0 Å². The summed E-state index contributed by atoms with van der Waals surface area (Å²) in [4.78, 5) is 12.3. The first-order valence-corrected chi connectivity index (χ1v) is 11.7. The molecule has 2 rings (SSSR count). The third-order valence-corrected chi connectivity index (χ3v) is 5.55. The third-order valence-electron chi connectivity index (χ3n) is 4.44. The number of aliphatic hydroxyl groups is 2. The molecule has 0 heterocycles. The maximum absolute atomic E-state index is 12.6. The van der Waals surface area contributed by atoms with E-state index >= 15 is 0 Å². The number of hydrogen-bond donors (Lipinski definition) is 2. The summed E-state index contributed by atoms with van der Waals surface area (Å²) in [5, 5.41) is 18.6. The molecule has 0 radical (unpaired) electrons. The van der Waals surface area contributed by atoms with Crippen molar-refractivity contribution in [2.45, 2.75) is 31.8 Å². The van der Waals surface area contributed by atoms with E-state index in [9.17, 15) is 18.3 Å². The van der Waals surface area contributed by atoms with Crippen molar-refractivity contribution in [1.29, 1.82) is 0 Å². The number of carbonyl (C=O) groups is 1. The minimum Gasteiger partial charge on any atom is -0.494 e. The van der Waals surface area contributed by atoms with Crippen molar-refractivity contribution in [2.75, 3.05) is 19.5 Å². The van der Waals surface area contributed by atoms with Gasteiger partial charge in [-0.2, -0.15) is 0 Å². The number of unbranched alkanes of at least 4 members (excludes halogenated alkanes) is 1. The van der Waals surface area contributed by atoms with Crippen LogP contribution in [-0.4, -0.2) is 50.0 Å². The second kappa shape index (κ2) is 11.6. The van der Waals surface area contributed by atoms with Gasteiger partial charge in [-0.3, -0.25) is 4.79 Å². The van der Waals surface area contributed by atoms with E-state index in [0.29, 0.717) is 37.9 Å². The topological polar surface area (TPSA) is 101 Å². The molecular formula is C23H28O6S. The lowest BCUT2D eigenvalue weighted by molar-refractivity contribution is -0.111. The molecule has 2 N–H and O–H groups in total. The Kier molecular flexibility index (Phi) is 9.23. The SMILES string of the molecule is CS(=O)(=O)C1=CC(=C/CCCOc2ccccc2)/C(=C/C=C/C(O)CCCO)C1=O. The van der Waals surface area contributed by atoms with Crippen molar-refractivity contribution < 1.29 is 28.2 Å². The molecule has 0 saturated carbocycles. The van der Waals surface area contributed by atoms with E-state index in [1.807, 2.05) is 36.4 Å². The monoisotopic (exact) mass is 432 g/mol. The summed E-state index contributed by atoms with van der Waals surface area (Å²) in [6, 6.07) is 9.44. The summed E-state index contributed by atoms with van der Waals surface area (Å²) >= 11 is 0. The lowest BCUT2D eigenvalue weighted by Gasteiger charge is -2.05. The summed E-state index contributed by atoms with van der Waals surface area (Å²) in [6.45, 7) is 0.493. The number of sulfone groups is 1. The van der Waals surface area contributed by atoms with Gasteiger partial charge in [0.1, 0.15) is 10.7 Å². The largest absolute Gasteiger partial charge is 0.494 e. The van der Waals surface area contributed by atoms with Crippen molar-refractivity contribution >= 4 is 15.6 Å². The fraction of sp³-hybridized carbons (Fsp3) is 0.348. The van der Waals surface area contributed by atoms with Crippen LogP contribution in [0.4, 0.5) is 0 Å². The lowest BCUT2D eigenvalue weighted by atomic mass is 10.1. The molecule has 0 saturated heterocycles. The summed E-state index contributed by atoms with van der Waals surface area (Å²) in [5.74, 6) is 0.240. The first-order valence-electron chi connectivity index (χ1n) is 9.85. The van der Waals surface area contributed by atoms with Crippen LogP contribution in [0.5, 0.6) is 5.75 Å². The highest BCUT2D eigenvalue weighted by atomic mass is 32.2. The Hall–Kier alpha value is -2.48. The fourth-order valence-corrected chi connectivity index (χ4v) is 3.68. The van der Waals surface area contributed by atoms with Crippen LogP contribution in [0.1, 0.15) is 25.7 Å². The summed E-state index contributed by atoms with van der Waals surface area (Å²) in [7, 11) is -3.64. The maximum atomic E-state index is 12.6. The standard InChI is InChI=1S/C23H28O6S/c1-30(27,28)22-17-18(9-5-6-16-29-20-12-3-2-4-13-20)21(23(22)26)14-7-10-19(25)11-8-15-24/h2-4,7,9-10,12-14,17,19,24-25H,5-6,8,11,15-16H2,1H3/b10-7+,18-9-,21-14-. The van der Waals surface area contributed by atoms with Gasteiger partial charge in [-0.1, -0.05) is 42.5 Å². The second-order valence-corrected chi connectivity index (χ2v) is 8.96. The molecule has 1 atom stereocenters. The van der Waals surface area contributed by atoms with Gasteiger partial charge < -0.3 is 14.9 Å². The van der Waals surface area contributed by atoms with Gasteiger partial charge in [0.2, 0.25) is 5.78 Å². The molecule has 1 aliphatic carbocycles. The van der Waals surface area contributed by atoms with E-state index in [1.165, 1.54) is 18.2 Å². The third kappa shape index (κ3) is 7.40. The molecule has 0 spiro atoms. The Morgan fingerprint density at radius 3 is 2.57 bits per heavy atom. The molecule has 1 aromatic rings. The Morgan fingerprint density at radius 2 is 1.90 bits per heavy atom. The van der Waals surface area contributed by atoms with Crippen LogP contribution >= 0.6 is 0 Å². The van der Waals surface area contributed by atoms with E-state index in [1.54, 1.807) is 6.08 Å². The average Bonchev–Trinajstić information content (AvgIpc) is 3.03. The van der Waals surface area contributed by atoms with Crippen molar-refractivity contribution in [3.05, 3.63) is 76.8 Å². The van der Waals surface area contributed by atoms with Gasteiger partial charge in [0.25, 0.3) is 0 Å². The van der Waals surface area contributed by atoms with Gasteiger partial charge >= 0.3 is 0 Å². The number of ether oxygens (including phenoxy) is 1. The Balaban J connectivity index is 2.06. The summed E-state index contributed by atoms with van der Waals surface area (Å²) in [6.07, 6.45) is 10.3. The zero-order valence-electron chi connectivity index (χ0n) is 17.0. The molecule has 6 nitrogen and oxygen atoms in total. The van der Waals surface area contributed by atoms with Crippen molar-refractivity contribution in [3.63, 3.8) is 0 Å². The van der Waals surface area contributed by atoms with Crippen LogP contribution in [0.25, 0.3) is 0 Å². The first-order chi connectivity index (χ1) is 14.3. The average molecular weight is 433 g/mol. The van der Waals surface area contributed by atoms with Gasteiger partial charge in [-0.15, -0.1) is 0 Å². The highest BCUT2D eigenvalue weighted by Gasteiger charge is 2.31. The number of allylic oxidation sites excluding steroid dienone is 7. The number of hydrogen-bond acceptors (Lipinski definition) is 6. The van der Waals surface area contributed by atoms with E-state index in [0.717, 1.165) is 12.0 Å². The van der Waals surface area contributed by atoms with Crippen LogP contribution in [0.2, 0.25) is 0 Å². The fourth-order valence-electron chi connectivity index (χ4n) is 2.89. The van der Waals surface area contributed by atoms with Gasteiger partial charge in [0, 0.05) is 18.4 Å². The van der Waals surface area contributed by atoms with E-state index in [-0.39, 0.29) is 17.1 Å². The summed E-state index contributed by atoms with van der Waals surface area (Å²) in [5.41, 5.74) is 0.833. The maximum Gasteiger partial charge on any atom is 0.205 e. The second-order valence-electron chi connectivity index (χ2n) is 6.97. The molecule has 7 heteroatoms. The van der Waals surface area contributed by atoms with Crippen LogP contribution in [0.3, 0.4) is 0 Å². The number of ketones is 1. The highest BCUT2D eigenvalue weighted by Crippen LogP contribution is 2.30. The number of aliphatic hydroxyl groups excluding tert-OH is 2. The van der Waals surface area contributed by atoms with E-state index < -0.39 is 21.7 Å². The van der Waals surface area contributed by atoms with Crippen molar-refractivity contribution in [2.24, 2.45) is 0 Å². The van der Waals surface area contributed by atoms with E-state index in [4.69, 9.17) is 9.84 Å². The predicted octanol–water partition coefficient (Wildman–Crippen LogP) is 2.90. The molecule has 0 amide bonds. The van der Waals surface area contributed by atoms with Crippen LogP contribution in [0.15, 0.2) is 76.8 Å². The first kappa shape index (κ1) is 23.8. The molecule has 162 valence electrons. The zero-order valence-corrected chi connectivity index (χ0v) is 17.8. The van der Waals surface area contributed by atoms with Crippen LogP contribution in [0, 0.1) is 0 Å². The van der Waals surface area contributed by atoms with Gasteiger partial charge in [-0.05, 0) is 49.5 Å². The van der Waals surface area contributed by atoms with Gasteiger partial charge in [0.15, 0.2) is 9.84 Å². The minimum absolute atomic E-state index is 0.00696. The van der Waals surface area contributed by atoms with Crippen molar-refractivity contribution in [1.82, 2.24) is 0 Å². The Morgan fingerprint density at radius 1 is 1.17 bits per heavy atom. The molecule has 30 heavy (non-hydrogen) atoms. The molecule has 1 aromatic carbocycles. The molecule has 0 fully saturated rings. The van der Waals surface area contributed by atoms with Crippen LogP contribution < -0.4 is 4.74 Å². The highest BCUT2D eigenvalue weighted by molar-refractivity contribution is 7.95. The van der Waals surface area contributed by atoms with Crippen molar-refractivity contribution in [3.8, 4) is 5.75 Å². The molecule has 0 bridgehead atoms. The zero-order chi connectivity index (χ0) is 22.0. The molecule has 0 aliphatic heterocycles. The minimum atomic E-state index is -3.64. The number of para-hydroxylation sites is 1. The number of Topliss-reactive ketones (excluding diaryl/α,β-unsaturated/α-hetero) is 1. The number of benzene rings is 1. The number of carbonyl (C=O) groups excluding carboxylic acids is 1. The Bertz CT molecular complexity index is 939.